The molecule has 0 radical (unpaired) electrons. The zero-order valence-corrected chi connectivity index (χ0v) is 10.8. The van der Waals surface area contributed by atoms with Gasteiger partial charge in [-0.3, -0.25) is 4.79 Å². The topological polar surface area (TPSA) is 78.4 Å². The molecule has 3 N–H and O–H groups in total. The number of carbonyl (C=O) groups excluding carboxylic acids is 1. The van der Waals surface area contributed by atoms with Crippen molar-refractivity contribution >= 4 is 11.9 Å². The summed E-state index contributed by atoms with van der Waals surface area (Å²) in [6.07, 6.45) is 1.26. The van der Waals surface area contributed by atoms with Crippen molar-refractivity contribution in [2.24, 2.45) is 0 Å². The number of nitrogens with one attached hydrogen (secondary N) is 2. The Kier molecular flexibility index (Phi) is 4.16. The molecule has 1 aliphatic heterocycles. The molecule has 1 unspecified atom stereocenters. The zero-order valence-electron chi connectivity index (χ0n) is 10.8. The molecule has 0 spiro atoms. The van der Waals surface area contributed by atoms with Crippen LogP contribution >= 0.6 is 0 Å². The van der Waals surface area contributed by atoms with Gasteiger partial charge in [-0.1, -0.05) is 31.2 Å². The molecule has 1 aromatic carbocycles. The molecule has 2 atom stereocenters. The highest BCUT2D eigenvalue weighted by atomic mass is 16.4. The Morgan fingerprint density at radius 2 is 2.21 bits per heavy atom. The minimum Gasteiger partial charge on any atom is -0.480 e. The molecule has 1 amide bonds. The van der Waals surface area contributed by atoms with E-state index in [4.69, 9.17) is 5.11 Å². The van der Waals surface area contributed by atoms with E-state index < -0.39 is 18.1 Å². The molecule has 19 heavy (non-hydrogen) atoms. The second kappa shape index (κ2) is 5.84. The molecule has 102 valence electrons. The predicted octanol–water partition coefficient (Wildman–Crippen LogP) is 0.853. The van der Waals surface area contributed by atoms with Gasteiger partial charge in [0.1, 0.15) is 12.1 Å². The Bertz CT molecular complexity index is 487. The first kappa shape index (κ1) is 13.5. The standard InChI is InChI=1S/C14H18N2O3/c1-2-11(14(18)19)16-13(17)12-10-6-4-3-5-9(10)7-8-15-12/h3-6,11-12,15H,2,7-8H2,1H3,(H,16,17)(H,18,19)/t11-,12?/m0/s1. The van der Waals surface area contributed by atoms with Crippen molar-refractivity contribution in [3.8, 4) is 0 Å². The van der Waals surface area contributed by atoms with Crippen LogP contribution in [0.2, 0.25) is 0 Å². The summed E-state index contributed by atoms with van der Waals surface area (Å²) in [6.45, 7) is 2.46. The van der Waals surface area contributed by atoms with E-state index >= 15 is 0 Å². The van der Waals surface area contributed by atoms with Gasteiger partial charge in [0, 0.05) is 6.54 Å². The Morgan fingerprint density at radius 1 is 1.47 bits per heavy atom. The van der Waals surface area contributed by atoms with E-state index in [2.05, 4.69) is 10.6 Å². The first-order chi connectivity index (χ1) is 9.13. The lowest BCUT2D eigenvalue weighted by Gasteiger charge is -2.27. The molecule has 1 aromatic rings. The quantitative estimate of drug-likeness (QED) is 0.752. The van der Waals surface area contributed by atoms with Crippen molar-refractivity contribution in [1.29, 1.82) is 0 Å². The van der Waals surface area contributed by atoms with Gasteiger partial charge in [0.05, 0.1) is 0 Å². The molecule has 0 aromatic heterocycles. The van der Waals surface area contributed by atoms with Crippen molar-refractivity contribution in [3.63, 3.8) is 0 Å². The SMILES string of the molecule is CC[C@H](NC(=O)C1NCCc2ccccc21)C(=O)O. The molecular weight excluding hydrogens is 244 g/mol. The van der Waals surface area contributed by atoms with Gasteiger partial charge in [-0.15, -0.1) is 0 Å². The number of carboxylic acids is 1. The monoisotopic (exact) mass is 262 g/mol. The summed E-state index contributed by atoms with van der Waals surface area (Å²) in [5.74, 6) is -1.28. The second-order valence-corrected chi connectivity index (χ2v) is 4.64. The molecule has 0 aliphatic carbocycles. The first-order valence-corrected chi connectivity index (χ1v) is 6.48. The van der Waals surface area contributed by atoms with Crippen LogP contribution in [0, 0.1) is 0 Å². The third kappa shape index (κ3) is 2.93. The lowest BCUT2D eigenvalue weighted by molar-refractivity contribution is -0.142. The van der Waals surface area contributed by atoms with Crippen LogP contribution in [0.5, 0.6) is 0 Å². The molecule has 0 bridgehead atoms. The number of hydrogen-bond acceptors (Lipinski definition) is 3. The van der Waals surface area contributed by atoms with Crippen LogP contribution in [-0.4, -0.2) is 29.6 Å². The van der Waals surface area contributed by atoms with E-state index in [-0.39, 0.29) is 5.91 Å². The molecule has 0 saturated heterocycles. The van der Waals surface area contributed by atoms with Crippen molar-refractivity contribution in [2.45, 2.75) is 31.8 Å². The third-order valence-corrected chi connectivity index (χ3v) is 3.39. The maximum atomic E-state index is 12.2. The van der Waals surface area contributed by atoms with E-state index in [9.17, 15) is 9.59 Å². The van der Waals surface area contributed by atoms with Gasteiger partial charge < -0.3 is 15.7 Å². The molecular formula is C14H18N2O3. The highest BCUT2D eigenvalue weighted by molar-refractivity contribution is 5.88. The summed E-state index contributed by atoms with van der Waals surface area (Å²) in [6, 6.07) is 6.46. The van der Waals surface area contributed by atoms with Crippen LogP contribution in [0.1, 0.15) is 30.5 Å². The average molecular weight is 262 g/mol. The van der Waals surface area contributed by atoms with E-state index in [1.807, 2.05) is 24.3 Å². The highest BCUT2D eigenvalue weighted by Gasteiger charge is 2.28. The minimum atomic E-state index is -1.00. The molecule has 5 nitrogen and oxygen atoms in total. The normalized spacial score (nSPS) is 19.3. The highest BCUT2D eigenvalue weighted by Crippen LogP contribution is 2.22. The lowest BCUT2D eigenvalue weighted by Crippen LogP contribution is -2.47. The van der Waals surface area contributed by atoms with Gasteiger partial charge in [0.25, 0.3) is 0 Å². The Hall–Kier alpha value is -1.88. The van der Waals surface area contributed by atoms with E-state index in [1.165, 1.54) is 0 Å². The van der Waals surface area contributed by atoms with Crippen LogP contribution in [0.4, 0.5) is 0 Å². The maximum absolute atomic E-state index is 12.2. The van der Waals surface area contributed by atoms with E-state index in [1.54, 1.807) is 6.92 Å². The summed E-state index contributed by atoms with van der Waals surface area (Å²) >= 11 is 0. The largest absolute Gasteiger partial charge is 0.480 e. The number of carbonyl (C=O) groups is 2. The van der Waals surface area contributed by atoms with Gasteiger partial charge in [0.2, 0.25) is 5.91 Å². The average Bonchev–Trinajstić information content (AvgIpc) is 2.43. The maximum Gasteiger partial charge on any atom is 0.326 e. The molecule has 0 fully saturated rings. The van der Waals surface area contributed by atoms with Gasteiger partial charge in [-0.2, -0.15) is 0 Å². The Labute approximate surface area is 112 Å². The number of benzene rings is 1. The van der Waals surface area contributed by atoms with Crippen molar-refractivity contribution < 1.29 is 14.7 Å². The van der Waals surface area contributed by atoms with E-state index in [0.717, 1.165) is 24.1 Å². The van der Waals surface area contributed by atoms with Gasteiger partial charge in [-0.25, -0.2) is 4.79 Å². The fourth-order valence-electron chi connectivity index (χ4n) is 2.33. The summed E-state index contributed by atoms with van der Waals surface area (Å²) in [5.41, 5.74) is 2.08. The van der Waals surface area contributed by atoms with E-state index in [0.29, 0.717) is 6.42 Å². The third-order valence-electron chi connectivity index (χ3n) is 3.39. The lowest BCUT2D eigenvalue weighted by atomic mass is 9.93. The fourth-order valence-corrected chi connectivity index (χ4v) is 2.33. The molecule has 1 aliphatic rings. The van der Waals surface area contributed by atoms with Crippen LogP contribution < -0.4 is 10.6 Å². The summed E-state index contributed by atoms with van der Waals surface area (Å²) < 4.78 is 0. The number of rotatable bonds is 4. The Balaban J connectivity index is 2.15. The Morgan fingerprint density at radius 3 is 2.89 bits per heavy atom. The zero-order chi connectivity index (χ0) is 13.8. The molecule has 1 heterocycles. The van der Waals surface area contributed by atoms with Gasteiger partial charge in [0.15, 0.2) is 0 Å². The molecule has 0 saturated carbocycles. The summed E-state index contributed by atoms with van der Waals surface area (Å²) in [5, 5.41) is 14.7. The molecule has 5 heteroatoms. The smallest absolute Gasteiger partial charge is 0.326 e. The number of aliphatic carboxylic acids is 1. The summed E-state index contributed by atoms with van der Waals surface area (Å²) in [7, 11) is 0. The van der Waals surface area contributed by atoms with Gasteiger partial charge >= 0.3 is 5.97 Å². The van der Waals surface area contributed by atoms with Crippen molar-refractivity contribution in [2.75, 3.05) is 6.54 Å². The van der Waals surface area contributed by atoms with Crippen LogP contribution in [-0.2, 0) is 16.0 Å². The number of amides is 1. The molecule has 2 rings (SSSR count). The van der Waals surface area contributed by atoms with Crippen LogP contribution in [0.25, 0.3) is 0 Å². The van der Waals surface area contributed by atoms with Crippen molar-refractivity contribution in [3.05, 3.63) is 35.4 Å². The van der Waals surface area contributed by atoms with Crippen LogP contribution in [0.3, 0.4) is 0 Å². The summed E-state index contributed by atoms with van der Waals surface area (Å²) in [4.78, 5) is 23.2. The van der Waals surface area contributed by atoms with Crippen molar-refractivity contribution in [1.82, 2.24) is 10.6 Å². The predicted molar refractivity (Wildman–Crippen MR) is 70.7 cm³/mol. The minimum absolute atomic E-state index is 0.276. The van der Waals surface area contributed by atoms with Crippen LogP contribution in [0.15, 0.2) is 24.3 Å². The first-order valence-electron chi connectivity index (χ1n) is 6.48. The van der Waals surface area contributed by atoms with Gasteiger partial charge in [-0.05, 0) is 24.0 Å². The number of fused-ring (bicyclic) bond motifs is 1. The number of carboxylic acid groups (broad SMARTS) is 1. The fraction of sp³-hybridized carbons (Fsp3) is 0.429. The second-order valence-electron chi connectivity index (χ2n) is 4.64. The number of hydrogen-bond donors (Lipinski definition) is 3.